The van der Waals surface area contributed by atoms with Crippen LogP contribution in [0.25, 0.3) is 10.6 Å². The summed E-state index contributed by atoms with van der Waals surface area (Å²) in [7, 11) is 1.98. The van der Waals surface area contributed by atoms with Crippen molar-refractivity contribution in [2.75, 3.05) is 0 Å². The third-order valence-corrected chi connectivity index (χ3v) is 7.03. The molecule has 0 spiro atoms. The number of thiazole rings is 1. The van der Waals surface area contributed by atoms with E-state index in [4.69, 9.17) is 9.72 Å². The summed E-state index contributed by atoms with van der Waals surface area (Å²) in [6.45, 7) is 6.64. The van der Waals surface area contributed by atoms with E-state index in [1.165, 1.54) is 11.1 Å². The van der Waals surface area contributed by atoms with Gasteiger partial charge in [0, 0.05) is 23.7 Å². The molecule has 0 N–H and O–H groups in total. The van der Waals surface area contributed by atoms with Crippen molar-refractivity contribution in [3.63, 3.8) is 0 Å². The Kier molecular flexibility index (Phi) is 6.20. The van der Waals surface area contributed by atoms with Crippen molar-refractivity contribution in [3.05, 3.63) is 76.1 Å². The van der Waals surface area contributed by atoms with Crippen LogP contribution in [0, 0.1) is 20.8 Å². The van der Waals surface area contributed by atoms with Gasteiger partial charge in [0.2, 0.25) is 0 Å². The van der Waals surface area contributed by atoms with Crippen LogP contribution in [0.1, 0.15) is 28.2 Å². The van der Waals surface area contributed by atoms with Crippen LogP contribution in [0.2, 0.25) is 0 Å². The molecular formula is C23H24N4OS2. The number of ether oxygens (including phenoxy) is 1. The van der Waals surface area contributed by atoms with Gasteiger partial charge in [-0.15, -0.1) is 21.5 Å². The molecule has 0 amide bonds. The fourth-order valence-corrected chi connectivity index (χ4v) is 4.71. The highest BCUT2D eigenvalue weighted by atomic mass is 32.2. The van der Waals surface area contributed by atoms with Crippen molar-refractivity contribution in [1.29, 1.82) is 0 Å². The van der Waals surface area contributed by atoms with E-state index in [1.807, 2.05) is 23.7 Å². The van der Waals surface area contributed by atoms with Gasteiger partial charge < -0.3 is 9.30 Å². The predicted molar refractivity (Wildman–Crippen MR) is 123 cm³/mol. The van der Waals surface area contributed by atoms with E-state index in [1.54, 1.807) is 23.1 Å². The molecule has 0 bridgehead atoms. The van der Waals surface area contributed by atoms with Crippen molar-refractivity contribution < 1.29 is 4.74 Å². The van der Waals surface area contributed by atoms with Crippen LogP contribution in [-0.4, -0.2) is 19.7 Å². The molecule has 7 heteroatoms. The SMILES string of the molecule is Cc1ccc(-c2nc(CSc3nnc(COc4cccc(C)c4C)n3C)cs2)cc1. The molecule has 2 aromatic carbocycles. The summed E-state index contributed by atoms with van der Waals surface area (Å²) in [6, 6.07) is 14.6. The number of thioether (sulfide) groups is 1. The molecule has 0 aliphatic rings. The zero-order valence-electron chi connectivity index (χ0n) is 17.5. The molecule has 0 unspecified atom stereocenters. The van der Waals surface area contributed by atoms with Gasteiger partial charge in [-0.3, -0.25) is 0 Å². The second-order valence-electron chi connectivity index (χ2n) is 7.24. The lowest BCUT2D eigenvalue weighted by Crippen LogP contribution is -2.05. The molecule has 0 aliphatic carbocycles. The first kappa shape index (κ1) is 20.6. The summed E-state index contributed by atoms with van der Waals surface area (Å²) in [5.74, 6) is 2.45. The van der Waals surface area contributed by atoms with Gasteiger partial charge in [-0.05, 0) is 38.0 Å². The quantitative estimate of drug-likeness (QED) is 0.346. The van der Waals surface area contributed by atoms with Gasteiger partial charge in [-0.2, -0.15) is 0 Å². The highest BCUT2D eigenvalue weighted by Crippen LogP contribution is 2.28. The Morgan fingerprint density at radius 3 is 2.63 bits per heavy atom. The first-order valence-electron chi connectivity index (χ1n) is 9.73. The Hall–Kier alpha value is -2.64. The zero-order valence-corrected chi connectivity index (χ0v) is 19.2. The van der Waals surface area contributed by atoms with E-state index < -0.39 is 0 Å². The smallest absolute Gasteiger partial charge is 0.191 e. The number of aromatic nitrogens is 4. The van der Waals surface area contributed by atoms with Gasteiger partial charge in [0.05, 0.1) is 5.69 Å². The second-order valence-corrected chi connectivity index (χ2v) is 9.04. The molecule has 0 atom stereocenters. The fraction of sp³-hybridized carbons (Fsp3) is 0.261. The fourth-order valence-electron chi connectivity index (χ4n) is 2.96. The largest absolute Gasteiger partial charge is 0.485 e. The van der Waals surface area contributed by atoms with Crippen LogP contribution in [0.15, 0.2) is 53.0 Å². The van der Waals surface area contributed by atoms with Crippen LogP contribution in [0.4, 0.5) is 0 Å². The van der Waals surface area contributed by atoms with E-state index in [0.29, 0.717) is 6.61 Å². The average molecular weight is 437 g/mol. The molecule has 154 valence electrons. The van der Waals surface area contributed by atoms with Gasteiger partial charge in [-0.1, -0.05) is 53.7 Å². The second kappa shape index (κ2) is 9.02. The lowest BCUT2D eigenvalue weighted by Gasteiger charge is -2.10. The standard InChI is InChI=1S/C23H24N4OS2/c1-15-8-10-18(11-9-15)22-24-19(13-29-22)14-30-23-26-25-21(27(23)4)12-28-20-7-5-6-16(2)17(20)3/h5-11,13H,12,14H2,1-4H3. The zero-order chi connectivity index (χ0) is 21.1. The summed E-state index contributed by atoms with van der Waals surface area (Å²) in [6.07, 6.45) is 0. The molecule has 2 aromatic heterocycles. The minimum absolute atomic E-state index is 0.391. The minimum Gasteiger partial charge on any atom is -0.485 e. The third-order valence-electron chi connectivity index (χ3n) is 5.04. The molecule has 30 heavy (non-hydrogen) atoms. The number of nitrogens with zero attached hydrogens (tertiary/aromatic N) is 4. The number of aryl methyl sites for hydroxylation is 2. The van der Waals surface area contributed by atoms with E-state index in [9.17, 15) is 0 Å². The maximum absolute atomic E-state index is 5.98. The number of rotatable bonds is 7. The molecular weight excluding hydrogens is 412 g/mol. The summed E-state index contributed by atoms with van der Waals surface area (Å²) < 4.78 is 7.97. The predicted octanol–water partition coefficient (Wildman–Crippen LogP) is 5.74. The van der Waals surface area contributed by atoms with Crippen LogP contribution in [0.3, 0.4) is 0 Å². The van der Waals surface area contributed by atoms with Crippen LogP contribution < -0.4 is 4.74 Å². The van der Waals surface area contributed by atoms with Gasteiger partial charge in [0.25, 0.3) is 0 Å². The first-order chi connectivity index (χ1) is 14.5. The maximum Gasteiger partial charge on any atom is 0.191 e. The third kappa shape index (κ3) is 4.57. The molecule has 0 aliphatic heterocycles. The van der Waals surface area contributed by atoms with Crippen molar-refractivity contribution in [3.8, 4) is 16.3 Å². The summed E-state index contributed by atoms with van der Waals surface area (Å²) in [5, 5.41) is 12.7. The van der Waals surface area contributed by atoms with E-state index >= 15 is 0 Å². The molecule has 0 saturated heterocycles. The highest BCUT2D eigenvalue weighted by Gasteiger charge is 2.12. The Balaban J connectivity index is 1.37. The molecule has 2 heterocycles. The van der Waals surface area contributed by atoms with Crippen LogP contribution in [0.5, 0.6) is 5.75 Å². The molecule has 4 aromatic rings. The summed E-state index contributed by atoms with van der Waals surface area (Å²) in [4.78, 5) is 4.77. The van der Waals surface area contributed by atoms with Crippen molar-refractivity contribution in [1.82, 2.24) is 19.7 Å². The van der Waals surface area contributed by atoms with Crippen LogP contribution in [-0.2, 0) is 19.4 Å². The summed E-state index contributed by atoms with van der Waals surface area (Å²) >= 11 is 3.31. The Labute approximate surface area is 185 Å². The van der Waals surface area contributed by atoms with Crippen molar-refractivity contribution in [2.45, 2.75) is 38.3 Å². The molecule has 4 rings (SSSR count). The highest BCUT2D eigenvalue weighted by molar-refractivity contribution is 7.98. The number of hydrogen-bond acceptors (Lipinski definition) is 6. The monoisotopic (exact) mass is 436 g/mol. The Bertz CT molecular complexity index is 1150. The molecule has 0 fully saturated rings. The van der Waals surface area contributed by atoms with Crippen molar-refractivity contribution >= 4 is 23.1 Å². The lowest BCUT2D eigenvalue weighted by atomic mass is 10.1. The number of benzene rings is 2. The summed E-state index contributed by atoms with van der Waals surface area (Å²) in [5.41, 5.74) is 5.84. The van der Waals surface area contributed by atoms with E-state index in [2.05, 4.69) is 66.7 Å². The van der Waals surface area contributed by atoms with Gasteiger partial charge >= 0.3 is 0 Å². The minimum atomic E-state index is 0.391. The van der Waals surface area contributed by atoms with E-state index in [-0.39, 0.29) is 0 Å². The van der Waals surface area contributed by atoms with Crippen molar-refractivity contribution in [2.24, 2.45) is 7.05 Å². The van der Waals surface area contributed by atoms with Crippen LogP contribution >= 0.6 is 23.1 Å². The van der Waals surface area contributed by atoms with E-state index in [0.717, 1.165) is 44.3 Å². The topological polar surface area (TPSA) is 52.8 Å². The first-order valence-corrected chi connectivity index (χ1v) is 11.6. The van der Waals surface area contributed by atoms with Gasteiger partial charge in [0.15, 0.2) is 11.0 Å². The van der Waals surface area contributed by atoms with Gasteiger partial charge in [0.1, 0.15) is 17.4 Å². The Morgan fingerprint density at radius 1 is 1.03 bits per heavy atom. The maximum atomic E-state index is 5.98. The normalized spacial score (nSPS) is 11.1. The Morgan fingerprint density at radius 2 is 1.83 bits per heavy atom. The van der Waals surface area contributed by atoms with Gasteiger partial charge in [-0.25, -0.2) is 4.98 Å². The molecule has 5 nitrogen and oxygen atoms in total. The molecule has 0 radical (unpaired) electrons. The molecule has 0 saturated carbocycles. The average Bonchev–Trinajstić information content (AvgIpc) is 3.35. The number of hydrogen-bond donors (Lipinski definition) is 0. The lowest BCUT2D eigenvalue weighted by molar-refractivity contribution is 0.288.